The zero-order chi connectivity index (χ0) is 11.7. The SMILES string of the molecule is Cc1cccc(-c2nnc(CNC3CC3)s2)n1. The maximum Gasteiger partial charge on any atom is 0.166 e. The molecule has 1 aliphatic carbocycles. The fraction of sp³-hybridized carbons (Fsp3) is 0.417. The van der Waals surface area contributed by atoms with E-state index in [1.54, 1.807) is 11.3 Å². The fourth-order valence-corrected chi connectivity index (χ4v) is 2.37. The predicted octanol–water partition coefficient (Wildman–Crippen LogP) is 2.16. The minimum absolute atomic E-state index is 0.708. The lowest BCUT2D eigenvalue weighted by Gasteiger charge is -1.96. The van der Waals surface area contributed by atoms with Crippen LogP contribution in [0.3, 0.4) is 0 Å². The van der Waals surface area contributed by atoms with Gasteiger partial charge in [-0.05, 0) is 31.9 Å². The standard InChI is InChI=1S/C12H14N4S/c1-8-3-2-4-10(14-8)12-16-15-11(17-12)7-13-9-5-6-9/h2-4,9,13H,5-7H2,1H3. The molecule has 4 nitrogen and oxygen atoms in total. The molecule has 2 aromatic heterocycles. The third-order valence-electron chi connectivity index (χ3n) is 2.69. The molecule has 2 aromatic rings. The van der Waals surface area contributed by atoms with Crippen molar-refractivity contribution < 1.29 is 0 Å². The second kappa shape index (κ2) is 4.50. The third-order valence-corrected chi connectivity index (χ3v) is 3.64. The maximum atomic E-state index is 4.45. The number of hydrogen-bond donors (Lipinski definition) is 1. The highest BCUT2D eigenvalue weighted by Crippen LogP contribution is 2.23. The normalized spacial score (nSPS) is 15.1. The maximum absolute atomic E-state index is 4.45. The van der Waals surface area contributed by atoms with Crippen molar-refractivity contribution in [2.45, 2.75) is 32.4 Å². The topological polar surface area (TPSA) is 50.7 Å². The first-order valence-corrected chi connectivity index (χ1v) is 6.63. The Morgan fingerprint density at radius 2 is 2.24 bits per heavy atom. The predicted molar refractivity (Wildman–Crippen MR) is 67.7 cm³/mol. The van der Waals surface area contributed by atoms with Crippen molar-refractivity contribution in [3.8, 4) is 10.7 Å². The molecule has 0 amide bonds. The van der Waals surface area contributed by atoms with Crippen LogP contribution in [0, 0.1) is 6.92 Å². The lowest BCUT2D eigenvalue weighted by molar-refractivity contribution is 0.679. The van der Waals surface area contributed by atoms with E-state index < -0.39 is 0 Å². The van der Waals surface area contributed by atoms with Crippen LogP contribution >= 0.6 is 11.3 Å². The zero-order valence-electron chi connectivity index (χ0n) is 9.68. The average molecular weight is 246 g/mol. The number of rotatable bonds is 4. The summed E-state index contributed by atoms with van der Waals surface area (Å²) in [5.74, 6) is 0. The van der Waals surface area contributed by atoms with Gasteiger partial charge < -0.3 is 5.32 Å². The van der Waals surface area contributed by atoms with Crippen LogP contribution in [0.15, 0.2) is 18.2 Å². The fourth-order valence-electron chi connectivity index (χ4n) is 1.61. The minimum Gasteiger partial charge on any atom is -0.308 e. The molecule has 88 valence electrons. The second-order valence-corrected chi connectivity index (χ2v) is 5.38. The lowest BCUT2D eigenvalue weighted by Crippen LogP contribution is -2.14. The van der Waals surface area contributed by atoms with Crippen molar-refractivity contribution in [1.29, 1.82) is 0 Å². The molecule has 0 bridgehead atoms. The molecular formula is C12H14N4S. The summed E-state index contributed by atoms with van der Waals surface area (Å²) in [6, 6.07) is 6.67. The summed E-state index contributed by atoms with van der Waals surface area (Å²) in [6.07, 6.45) is 2.59. The van der Waals surface area contributed by atoms with E-state index in [0.717, 1.165) is 27.9 Å². The molecule has 5 heteroatoms. The molecule has 0 aliphatic heterocycles. The Bertz CT molecular complexity index is 519. The summed E-state index contributed by atoms with van der Waals surface area (Å²) in [4.78, 5) is 4.45. The van der Waals surface area contributed by atoms with Crippen LogP contribution in [-0.4, -0.2) is 21.2 Å². The highest BCUT2D eigenvalue weighted by molar-refractivity contribution is 7.14. The van der Waals surface area contributed by atoms with E-state index in [9.17, 15) is 0 Å². The molecule has 0 radical (unpaired) electrons. The summed E-state index contributed by atoms with van der Waals surface area (Å²) in [6.45, 7) is 2.81. The van der Waals surface area contributed by atoms with Gasteiger partial charge in [0.2, 0.25) is 0 Å². The van der Waals surface area contributed by atoms with Crippen LogP contribution in [0.4, 0.5) is 0 Å². The van der Waals surface area contributed by atoms with Gasteiger partial charge in [-0.3, -0.25) is 4.98 Å². The number of aromatic nitrogens is 3. The molecule has 2 heterocycles. The van der Waals surface area contributed by atoms with Crippen molar-refractivity contribution >= 4 is 11.3 Å². The Labute approximate surface area is 104 Å². The van der Waals surface area contributed by atoms with Gasteiger partial charge in [-0.25, -0.2) is 0 Å². The zero-order valence-corrected chi connectivity index (χ0v) is 10.5. The molecule has 0 atom stereocenters. The molecule has 1 fully saturated rings. The average Bonchev–Trinajstić information content (AvgIpc) is 3.04. The van der Waals surface area contributed by atoms with Gasteiger partial charge in [0, 0.05) is 18.3 Å². The van der Waals surface area contributed by atoms with Gasteiger partial charge in [0.25, 0.3) is 0 Å². The first-order valence-electron chi connectivity index (χ1n) is 5.81. The molecule has 1 N–H and O–H groups in total. The first-order chi connectivity index (χ1) is 8.31. The first kappa shape index (κ1) is 10.8. The highest BCUT2D eigenvalue weighted by atomic mass is 32.1. The van der Waals surface area contributed by atoms with E-state index in [0.29, 0.717) is 6.04 Å². The molecule has 0 unspecified atom stereocenters. The summed E-state index contributed by atoms with van der Waals surface area (Å²) in [5.41, 5.74) is 1.93. The van der Waals surface area contributed by atoms with Crippen LogP contribution in [0.25, 0.3) is 10.7 Å². The monoisotopic (exact) mass is 246 g/mol. The van der Waals surface area contributed by atoms with Gasteiger partial charge in [0.05, 0.1) is 0 Å². The van der Waals surface area contributed by atoms with Gasteiger partial charge in [0.15, 0.2) is 5.01 Å². The molecule has 0 aromatic carbocycles. The van der Waals surface area contributed by atoms with Crippen molar-refractivity contribution in [2.75, 3.05) is 0 Å². The van der Waals surface area contributed by atoms with E-state index >= 15 is 0 Å². The van der Waals surface area contributed by atoms with Gasteiger partial charge in [-0.1, -0.05) is 17.4 Å². The van der Waals surface area contributed by atoms with Crippen molar-refractivity contribution in [2.24, 2.45) is 0 Å². The number of nitrogens with zero attached hydrogens (tertiary/aromatic N) is 3. The van der Waals surface area contributed by atoms with E-state index in [1.165, 1.54) is 12.8 Å². The van der Waals surface area contributed by atoms with Crippen molar-refractivity contribution in [1.82, 2.24) is 20.5 Å². The third kappa shape index (κ3) is 2.68. The molecule has 0 saturated heterocycles. The summed E-state index contributed by atoms with van der Waals surface area (Å²) < 4.78 is 0. The Morgan fingerprint density at radius 3 is 3.00 bits per heavy atom. The van der Waals surface area contributed by atoms with Gasteiger partial charge >= 0.3 is 0 Å². The van der Waals surface area contributed by atoms with E-state index in [2.05, 4.69) is 20.5 Å². The summed E-state index contributed by atoms with van der Waals surface area (Å²) >= 11 is 1.62. The second-order valence-electron chi connectivity index (χ2n) is 4.32. The number of nitrogens with one attached hydrogen (secondary N) is 1. The summed E-state index contributed by atoms with van der Waals surface area (Å²) in [7, 11) is 0. The lowest BCUT2D eigenvalue weighted by atomic mass is 10.3. The van der Waals surface area contributed by atoms with Crippen LogP contribution in [0.2, 0.25) is 0 Å². The molecular weight excluding hydrogens is 232 g/mol. The molecule has 1 saturated carbocycles. The minimum atomic E-state index is 0.708. The molecule has 3 rings (SSSR count). The van der Waals surface area contributed by atoms with Gasteiger partial charge in [-0.2, -0.15) is 0 Å². The van der Waals surface area contributed by atoms with Crippen LogP contribution < -0.4 is 5.32 Å². The molecule has 1 aliphatic rings. The Hall–Kier alpha value is -1.33. The number of pyridine rings is 1. The molecule has 17 heavy (non-hydrogen) atoms. The van der Waals surface area contributed by atoms with Crippen LogP contribution in [-0.2, 0) is 6.54 Å². The smallest absolute Gasteiger partial charge is 0.166 e. The summed E-state index contributed by atoms with van der Waals surface area (Å²) in [5, 5.41) is 13.8. The number of hydrogen-bond acceptors (Lipinski definition) is 5. The van der Waals surface area contributed by atoms with Crippen molar-refractivity contribution in [3.05, 3.63) is 28.9 Å². The van der Waals surface area contributed by atoms with Crippen LogP contribution in [0.5, 0.6) is 0 Å². The van der Waals surface area contributed by atoms with E-state index in [1.807, 2.05) is 25.1 Å². The van der Waals surface area contributed by atoms with E-state index in [4.69, 9.17) is 0 Å². The highest BCUT2D eigenvalue weighted by Gasteiger charge is 2.20. The van der Waals surface area contributed by atoms with Gasteiger partial charge in [0.1, 0.15) is 10.7 Å². The van der Waals surface area contributed by atoms with Crippen molar-refractivity contribution in [3.63, 3.8) is 0 Å². The van der Waals surface area contributed by atoms with E-state index in [-0.39, 0.29) is 0 Å². The van der Waals surface area contributed by atoms with Crippen LogP contribution in [0.1, 0.15) is 23.5 Å². The molecule has 0 spiro atoms. The Balaban J connectivity index is 1.74. The Morgan fingerprint density at radius 1 is 1.35 bits per heavy atom. The largest absolute Gasteiger partial charge is 0.308 e. The quantitative estimate of drug-likeness (QED) is 0.898. The number of aryl methyl sites for hydroxylation is 1. The van der Waals surface area contributed by atoms with Gasteiger partial charge in [-0.15, -0.1) is 10.2 Å². The Kier molecular flexibility index (Phi) is 2.86.